The predicted octanol–water partition coefficient (Wildman–Crippen LogP) is 2.26. The van der Waals surface area contributed by atoms with Crippen LogP contribution in [0.25, 0.3) is 0 Å². The van der Waals surface area contributed by atoms with E-state index >= 15 is 0 Å². The minimum atomic E-state index is -0.799. The maximum atomic E-state index is 13.6. The first-order valence-electron chi connectivity index (χ1n) is 6.82. The fraction of sp³-hybridized carbons (Fsp3) is 0.500. The SMILES string of the molecule is CCCC(CCO)CNC(=O)c1cc([N+](=O)[O-])ccc1F. The lowest BCUT2D eigenvalue weighted by Crippen LogP contribution is -2.30. The van der Waals surface area contributed by atoms with Crippen LogP contribution in [-0.2, 0) is 0 Å². The van der Waals surface area contributed by atoms with Crippen LogP contribution in [0, 0.1) is 21.8 Å². The summed E-state index contributed by atoms with van der Waals surface area (Å²) in [4.78, 5) is 21.9. The number of benzene rings is 1. The van der Waals surface area contributed by atoms with Crippen LogP contribution < -0.4 is 5.32 Å². The molecule has 21 heavy (non-hydrogen) atoms. The van der Waals surface area contributed by atoms with Crippen molar-refractivity contribution in [2.75, 3.05) is 13.2 Å². The molecule has 0 saturated carbocycles. The Morgan fingerprint density at radius 2 is 2.19 bits per heavy atom. The number of aliphatic hydroxyl groups excluding tert-OH is 1. The molecule has 1 amide bonds. The van der Waals surface area contributed by atoms with E-state index in [1.165, 1.54) is 0 Å². The van der Waals surface area contributed by atoms with E-state index in [-0.39, 0.29) is 23.8 Å². The Balaban J connectivity index is 2.74. The molecule has 0 radical (unpaired) electrons. The molecule has 0 heterocycles. The van der Waals surface area contributed by atoms with Crippen molar-refractivity contribution in [2.24, 2.45) is 5.92 Å². The van der Waals surface area contributed by atoms with E-state index in [2.05, 4.69) is 5.32 Å². The lowest BCUT2D eigenvalue weighted by molar-refractivity contribution is -0.384. The molecule has 0 aliphatic carbocycles. The molecular weight excluding hydrogens is 279 g/mol. The van der Waals surface area contributed by atoms with Gasteiger partial charge in [-0.3, -0.25) is 14.9 Å². The lowest BCUT2D eigenvalue weighted by Gasteiger charge is -2.15. The summed E-state index contributed by atoms with van der Waals surface area (Å²) in [6.45, 7) is 2.31. The Kier molecular flexibility index (Phi) is 6.74. The van der Waals surface area contributed by atoms with Crippen molar-refractivity contribution in [1.82, 2.24) is 5.32 Å². The summed E-state index contributed by atoms with van der Waals surface area (Å²) in [6.07, 6.45) is 2.29. The first-order valence-corrected chi connectivity index (χ1v) is 6.82. The van der Waals surface area contributed by atoms with Gasteiger partial charge in [-0.05, 0) is 24.8 Å². The molecule has 6 nitrogen and oxygen atoms in total. The minimum Gasteiger partial charge on any atom is -0.396 e. The van der Waals surface area contributed by atoms with Gasteiger partial charge in [0.1, 0.15) is 5.82 Å². The second-order valence-electron chi connectivity index (χ2n) is 4.80. The van der Waals surface area contributed by atoms with Crippen LogP contribution >= 0.6 is 0 Å². The number of amides is 1. The number of nitro groups is 1. The number of nitro benzene ring substituents is 1. The average Bonchev–Trinajstić information content (AvgIpc) is 2.45. The fourth-order valence-corrected chi connectivity index (χ4v) is 2.07. The molecule has 0 saturated heterocycles. The van der Waals surface area contributed by atoms with E-state index in [4.69, 9.17) is 5.11 Å². The molecule has 1 rings (SSSR count). The molecule has 1 unspecified atom stereocenters. The molecule has 0 aliphatic heterocycles. The Labute approximate surface area is 122 Å². The summed E-state index contributed by atoms with van der Waals surface area (Å²) in [5.74, 6) is -1.38. The van der Waals surface area contributed by atoms with Gasteiger partial charge >= 0.3 is 0 Å². The van der Waals surface area contributed by atoms with Crippen molar-refractivity contribution in [3.63, 3.8) is 0 Å². The third kappa shape index (κ3) is 5.11. The second kappa shape index (κ2) is 8.31. The van der Waals surface area contributed by atoms with E-state index in [0.717, 1.165) is 31.0 Å². The topological polar surface area (TPSA) is 92.5 Å². The van der Waals surface area contributed by atoms with Gasteiger partial charge in [-0.15, -0.1) is 0 Å². The molecule has 0 aromatic heterocycles. The number of hydrogen-bond acceptors (Lipinski definition) is 4. The Morgan fingerprint density at radius 3 is 2.76 bits per heavy atom. The number of halogens is 1. The number of aliphatic hydroxyl groups is 1. The zero-order chi connectivity index (χ0) is 15.8. The van der Waals surface area contributed by atoms with E-state index in [0.29, 0.717) is 13.0 Å². The zero-order valence-electron chi connectivity index (χ0n) is 11.8. The molecular formula is C14H19FN2O4. The molecule has 1 aromatic carbocycles. The molecule has 0 bridgehead atoms. The molecule has 7 heteroatoms. The van der Waals surface area contributed by atoms with Gasteiger partial charge in [-0.2, -0.15) is 0 Å². The maximum absolute atomic E-state index is 13.6. The number of rotatable bonds is 8. The smallest absolute Gasteiger partial charge is 0.270 e. The quantitative estimate of drug-likeness (QED) is 0.568. The van der Waals surface area contributed by atoms with Gasteiger partial charge < -0.3 is 10.4 Å². The molecule has 116 valence electrons. The summed E-state index contributed by atoms with van der Waals surface area (Å²) in [5, 5.41) is 22.1. The van der Waals surface area contributed by atoms with Gasteiger partial charge in [-0.1, -0.05) is 13.3 Å². The van der Waals surface area contributed by atoms with Crippen LogP contribution in [0.3, 0.4) is 0 Å². The summed E-state index contributed by atoms with van der Waals surface area (Å²) < 4.78 is 13.6. The number of non-ortho nitro benzene ring substituents is 1. The van der Waals surface area contributed by atoms with Crippen molar-refractivity contribution in [3.8, 4) is 0 Å². The highest BCUT2D eigenvalue weighted by Crippen LogP contribution is 2.17. The monoisotopic (exact) mass is 298 g/mol. The van der Waals surface area contributed by atoms with Crippen molar-refractivity contribution in [1.29, 1.82) is 0 Å². The largest absolute Gasteiger partial charge is 0.396 e. The zero-order valence-corrected chi connectivity index (χ0v) is 11.8. The van der Waals surface area contributed by atoms with Gasteiger partial charge in [0.25, 0.3) is 11.6 Å². The van der Waals surface area contributed by atoms with Crippen molar-refractivity contribution in [2.45, 2.75) is 26.2 Å². The van der Waals surface area contributed by atoms with E-state index in [1.54, 1.807) is 0 Å². The Bertz CT molecular complexity index is 502. The van der Waals surface area contributed by atoms with Crippen LogP contribution in [-0.4, -0.2) is 29.1 Å². The minimum absolute atomic E-state index is 0.0196. The van der Waals surface area contributed by atoms with Crippen LogP contribution in [0.15, 0.2) is 18.2 Å². The van der Waals surface area contributed by atoms with E-state index in [9.17, 15) is 19.3 Å². The third-order valence-electron chi connectivity index (χ3n) is 3.19. The van der Waals surface area contributed by atoms with Gasteiger partial charge in [0.2, 0.25) is 0 Å². The average molecular weight is 298 g/mol. The predicted molar refractivity (Wildman–Crippen MR) is 75.5 cm³/mol. The van der Waals surface area contributed by atoms with E-state index < -0.39 is 16.6 Å². The highest BCUT2D eigenvalue weighted by atomic mass is 19.1. The first-order chi connectivity index (χ1) is 9.99. The van der Waals surface area contributed by atoms with Gasteiger partial charge in [-0.25, -0.2) is 4.39 Å². The van der Waals surface area contributed by atoms with Gasteiger partial charge in [0, 0.05) is 25.3 Å². The number of nitrogens with zero attached hydrogens (tertiary/aromatic N) is 1. The number of carbonyl (C=O) groups excluding carboxylic acids is 1. The van der Waals surface area contributed by atoms with Crippen molar-refractivity contribution in [3.05, 3.63) is 39.7 Å². The first kappa shape index (κ1) is 17.0. The number of nitrogens with one attached hydrogen (secondary N) is 1. The van der Waals surface area contributed by atoms with E-state index in [1.807, 2.05) is 6.92 Å². The molecule has 1 atom stereocenters. The van der Waals surface area contributed by atoms with Crippen molar-refractivity contribution < 1.29 is 19.2 Å². The van der Waals surface area contributed by atoms with Crippen LogP contribution in [0.5, 0.6) is 0 Å². The summed E-state index contributed by atoms with van der Waals surface area (Å²) in [6, 6.07) is 2.84. The fourth-order valence-electron chi connectivity index (χ4n) is 2.07. The molecule has 2 N–H and O–H groups in total. The Morgan fingerprint density at radius 1 is 1.48 bits per heavy atom. The summed E-state index contributed by atoms with van der Waals surface area (Å²) in [5.41, 5.74) is -0.675. The normalized spacial score (nSPS) is 12.0. The standard InChI is InChI=1S/C14H19FN2O4/c1-2-3-10(6-7-18)9-16-14(19)12-8-11(17(20)21)4-5-13(12)15/h4-5,8,10,18H,2-3,6-7,9H2,1H3,(H,16,19). The summed E-state index contributed by atoms with van der Waals surface area (Å²) >= 11 is 0. The van der Waals surface area contributed by atoms with Crippen LogP contribution in [0.4, 0.5) is 10.1 Å². The number of carbonyl (C=O) groups is 1. The summed E-state index contributed by atoms with van der Waals surface area (Å²) in [7, 11) is 0. The third-order valence-corrected chi connectivity index (χ3v) is 3.19. The highest BCUT2D eigenvalue weighted by molar-refractivity contribution is 5.95. The number of hydrogen-bond donors (Lipinski definition) is 2. The Hall–Kier alpha value is -2.02. The molecule has 1 aromatic rings. The van der Waals surface area contributed by atoms with Crippen LogP contribution in [0.2, 0.25) is 0 Å². The van der Waals surface area contributed by atoms with Crippen LogP contribution in [0.1, 0.15) is 36.5 Å². The lowest BCUT2D eigenvalue weighted by atomic mass is 10.00. The van der Waals surface area contributed by atoms with Gasteiger partial charge in [0.05, 0.1) is 10.5 Å². The molecule has 0 aliphatic rings. The molecule has 0 fully saturated rings. The second-order valence-corrected chi connectivity index (χ2v) is 4.80. The molecule has 0 spiro atoms. The van der Waals surface area contributed by atoms with Crippen molar-refractivity contribution >= 4 is 11.6 Å². The maximum Gasteiger partial charge on any atom is 0.270 e. The van der Waals surface area contributed by atoms with Gasteiger partial charge in [0.15, 0.2) is 0 Å². The highest BCUT2D eigenvalue weighted by Gasteiger charge is 2.18.